The van der Waals surface area contributed by atoms with Crippen LogP contribution in [0.1, 0.15) is 27.9 Å². The fraction of sp³-hybridized carbons (Fsp3) is 0.240. The number of aliphatic carboxylic acids is 1. The molecule has 1 unspecified atom stereocenters. The van der Waals surface area contributed by atoms with E-state index in [0.717, 1.165) is 5.56 Å². The first-order valence-corrected chi connectivity index (χ1v) is 10.8. The number of Topliss-reactive ketones (excluding diaryl/α,β-unsaturated/α-hetero) is 1. The first kappa shape index (κ1) is 27.7. The average molecular weight is 495 g/mol. The molecule has 36 heavy (non-hydrogen) atoms. The van der Waals surface area contributed by atoms with Crippen LogP contribution in [-0.2, 0) is 19.2 Å². The first-order chi connectivity index (χ1) is 17.2. The summed E-state index contributed by atoms with van der Waals surface area (Å²) in [5.74, 6) is 1.72. The number of primary amides is 1. The van der Waals surface area contributed by atoms with Gasteiger partial charge in [-0.2, -0.15) is 0 Å². The summed E-state index contributed by atoms with van der Waals surface area (Å²) in [4.78, 5) is 58.7. The predicted molar refractivity (Wildman–Crippen MR) is 128 cm³/mol. The lowest BCUT2D eigenvalue weighted by molar-refractivity contribution is -0.141. The van der Waals surface area contributed by atoms with Crippen molar-refractivity contribution in [2.24, 2.45) is 5.73 Å². The third kappa shape index (κ3) is 9.38. The van der Waals surface area contributed by atoms with Gasteiger partial charge in [0.1, 0.15) is 18.7 Å². The second-order valence-electron chi connectivity index (χ2n) is 7.59. The highest BCUT2D eigenvalue weighted by Gasteiger charge is 2.23. The van der Waals surface area contributed by atoms with Crippen molar-refractivity contribution >= 4 is 29.5 Å². The molecule has 3 amide bonds. The summed E-state index contributed by atoms with van der Waals surface area (Å²) < 4.78 is 0. The number of rotatable bonds is 12. The Morgan fingerprint density at radius 2 is 1.50 bits per heavy atom. The molecule has 0 aliphatic heterocycles. The molecule has 11 nitrogen and oxygen atoms in total. The molecule has 2 aromatic carbocycles. The molecule has 0 aromatic heterocycles. The summed E-state index contributed by atoms with van der Waals surface area (Å²) in [5, 5.41) is 25.4. The molecule has 0 heterocycles. The molecule has 7 N–H and O–H groups in total. The molecule has 0 saturated carbocycles. The van der Waals surface area contributed by atoms with Gasteiger partial charge in [-0.1, -0.05) is 30.0 Å². The van der Waals surface area contributed by atoms with E-state index >= 15 is 0 Å². The normalized spacial score (nSPS) is 11.8. The first-order valence-electron chi connectivity index (χ1n) is 10.8. The number of hydrogen-bond acceptors (Lipinski definition) is 7. The smallest absolute Gasteiger partial charge is 0.321 e. The zero-order valence-electron chi connectivity index (χ0n) is 19.2. The van der Waals surface area contributed by atoms with Crippen molar-refractivity contribution in [2.45, 2.75) is 18.5 Å². The summed E-state index contributed by atoms with van der Waals surface area (Å²) in [7, 11) is 0. The van der Waals surface area contributed by atoms with Crippen molar-refractivity contribution in [3.05, 3.63) is 71.3 Å². The number of aliphatic hydroxyl groups excluding tert-OH is 1. The van der Waals surface area contributed by atoms with Gasteiger partial charge >= 0.3 is 5.97 Å². The second kappa shape index (κ2) is 14.0. The SMILES string of the molecule is NC(=O)CC(NCC(=O)NC[C@H](NC(=O)c1ccc(C#Cc2ccccc2)cc1)C(=O)CO)C(=O)O. The van der Waals surface area contributed by atoms with Crippen LogP contribution >= 0.6 is 0 Å². The summed E-state index contributed by atoms with van der Waals surface area (Å²) in [6.07, 6.45) is -0.513. The maximum Gasteiger partial charge on any atom is 0.321 e. The van der Waals surface area contributed by atoms with Gasteiger partial charge in [0.15, 0.2) is 5.78 Å². The quantitative estimate of drug-likeness (QED) is 0.198. The van der Waals surface area contributed by atoms with Crippen molar-refractivity contribution in [3.63, 3.8) is 0 Å². The van der Waals surface area contributed by atoms with Crippen molar-refractivity contribution in [1.82, 2.24) is 16.0 Å². The summed E-state index contributed by atoms with van der Waals surface area (Å²) >= 11 is 0. The summed E-state index contributed by atoms with van der Waals surface area (Å²) in [5.41, 5.74) is 6.73. The third-order valence-electron chi connectivity index (χ3n) is 4.84. The van der Waals surface area contributed by atoms with Crippen LogP contribution in [0.4, 0.5) is 0 Å². The van der Waals surface area contributed by atoms with Gasteiger partial charge in [-0.15, -0.1) is 0 Å². The number of hydrogen-bond donors (Lipinski definition) is 6. The monoisotopic (exact) mass is 494 g/mol. The molecular weight excluding hydrogens is 468 g/mol. The number of carbonyl (C=O) groups is 5. The highest BCUT2D eigenvalue weighted by molar-refractivity contribution is 5.98. The fourth-order valence-electron chi connectivity index (χ4n) is 2.91. The minimum absolute atomic E-state index is 0.236. The van der Waals surface area contributed by atoms with Crippen LogP contribution in [0.2, 0.25) is 0 Å². The number of nitrogens with one attached hydrogen (secondary N) is 3. The Balaban J connectivity index is 1.94. The van der Waals surface area contributed by atoms with Gasteiger partial charge < -0.3 is 26.6 Å². The number of benzene rings is 2. The second-order valence-corrected chi connectivity index (χ2v) is 7.59. The van der Waals surface area contributed by atoms with Crippen LogP contribution in [0.3, 0.4) is 0 Å². The number of amides is 3. The number of carboxylic acid groups (broad SMARTS) is 1. The summed E-state index contributed by atoms with van der Waals surface area (Å²) in [6, 6.07) is 13.1. The topological polar surface area (TPSA) is 188 Å². The van der Waals surface area contributed by atoms with Gasteiger partial charge in [0.25, 0.3) is 5.91 Å². The Morgan fingerprint density at radius 1 is 0.889 bits per heavy atom. The zero-order valence-corrected chi connectivity index (χ0v) is 19.2. The number of aliphatic hydroxyl groups is 1. The van der Waals surface area contributed by atoms with Gasteiger partial charge in [-0.05, 0) is 36.4 Å². The van der Waals surface area contributed by atoms with E-state index in [1.165, 1.54) is 12.1 Å². The van der Waals surface area contributed by atoms with Crippen molar-refractivity contribution in [2.75, 3.05) is 19.7 Å². The van der Waals surface area contributed by atoms with Gasteiger partial charge in [0.2, 0.25) is 11.8 Å². The summed E-state index contributed by atoms with van der Waals surface area (Å²) in [6.45, 7) is -1.70. The minimum Gasteiger partial charge on any atom is -0.480 e. The predicted octanol–water partition coefficient (Wildman–Crippen LogP) is -1.22. The zero-order chi connectivity index (χ0) is 26.5. The van der Waals surface area contributed by atoms with E-state index in [4.69, 9.17) is 10.8 Å². The molecule has 0 aliphatic rings. The lowest BCUT2D eigenvalue weighted by atomic mass is 10.1. The van der Waals surface area contributed by atoms with E-state index in [9.17, 15) is 29.1 Å². The maximum absolute atomic E-state index is 12.6. The molecule has 2 atom stereocenters. The van der Waals surface area contributed by atoms with Gasteiger partial charge in [-0.3, -0.25) is 29.3 Å². The number of ketones is 1. The molecule has 188 valence electrons. The highest BCUT2D eigenvalue weighted by Crippen LogP contribution is 2.05. The Hall–Kier alpha value is -4.53. The number of nitrogens with two attached hydrogens (primary N) is 1. The van der Waals surface area contributed by atoms with E-state index in [0.29, 0.717) is 5.56 Å². The lowest BCUT2D eigenvalue weighted by Gasteiger charge is -2.18. The average Bonchev–Trinajstić information content (AvgIpc) is 2.87. The van der Waals surface area contributed by atoms with Gasteiger partial charge in [0.05, 0.1) is 13.0 Å². The molecule has 2 aromatic rings. The van der Waals surface area contributed by atoms with E-state index in [2.05, 4.69) is 27.8 Å². The van der Waals surface area contributed by atoms with E-state index in [-0.39, 0.29) is 12.1 Å². The molecule has 0 bridgehead atoms. The Labute approximate surface area is 207 Å². The maximum atomic E-state index is 12.6. The van der Waals surface area contributed by atoms with Gasteiger partial charge in [0, 0.05) is 23.2 Å². The molecule has 0 spiro atoms. The molecule has 0 saturated heterocycles. The largest absolute Gasteiger partial charge is 0.480 e. The fourth-order valence-corrected chi connectivity index (χ4v) is 2.91. The van der Waals surface area contributed by atoms with E-state index in [1.54, 1.807) is 12.1 Å². The third-order valence-corrected chi connectivity index (χ3v) is 4.84. The molecule has 0 fully saturated rings. The van der Waals surface area contributed by atoms with Crippen LogP contribution in [0.5, 0.6) is 0 Å². The van der Waals surface area contributed by atoms with E-state index < -0.39 is 61.1 Å². The van der Waals surface area contributed by atoms with Crippen LogP contribution in [-0.4, -0.2) is 71.5 Å². The molecule has 2 rings (SSSR count). The minimum atomic E-state index is -1.36. The van der Waals surface area contributed by atoms with Crippen molar-refractivity contribution < 1.29 is 34.2 Å². The van der Waals surface area contributed by atoms with Crippen LogP contribution in [0, 0.1) is 11.8 Å². The lowest BCUT2D eigenvalue weighted by Crippen LogP contribution is -2.51. The molecule has 11 heteroatoms. The van der Waals surface area contributed by atoms with Crippen molar-refractivity contribution in [3.8, 4) is 11.8 Å². The number of carbonyl (C=O) groups excluding carboxylic acids is 4. The Morgan fingerprint density at radius 3 is 2.06 bits per heavy atom. The van der Waals surface area contributed by atoms with Crippen molar-refractivity contribution in [1.29, 1.82) is 0 Å². The van der Waals surface area contributed by atoms with Crippen LogP contribution in [0.25, 0.3) is 0 Å². The molecular formula is C25H26N4O7. The molecule has 0 aliphatic carbocycles. The van der Waals surface area contributed by atoms with Crippen LogP contribution < -0.4 is 21.7 Å². The van der Waals surface area contributed by atoms with Crippen LogP contribution in [0.15, 0.2) is 54.6 Å². The Bertz CT molecular complexity index is 1150. The Kier molecular flexibility index (Phi) is 10.8. The number of carboxylic acids is 1. The van der Waals surface area contributed by atoms with E-state index in [1.807, 2.05) is 30.3 Å². The van der Waals surface area contributed by atoms with Gasteiger partial charge in [-0.25, -0.2) is 0 Å². The highest BCUT2D eigenvalue weighted by atomic mass is 16.4. The molecule has 0 radical (unpaired) electrons. The standard InChI is InChI=1S/C25H26N4O7/c26-22(32)12-19(25(35)36)27-14-23(33)28-13-20(21(31)15-30)29-24(34)18-10-8-17(9-11-18)7-6-16-4-2-1-3-5-16/h1-5,8-11,19-20,27,30H,12-15H2,(H2,26,32)(H,28,33)(H,29,34)(H,35,36)/t19?,20-/m0/s1.